The van der Waals surface area contributed by atoms with Gasteiger partial charge in [0.25, 0.3) is 0 Å². The second-order valence-corrected chi connectivity index (χ2v) is 7.40. The molecule has 1 atom stereocenters. The molecule has 0 fully saturated rings. The molecule has 1 N–H and O–H groups in total. The lowest BCUT2D eigenvalue weighted by atomic mass is 9.80. The van der Waals surface area contributed by atoms with Crippen LogP contribution in [0.15, 0.2) is 47.7 Å². The number of hydrogen-bond acceptors (Lipinski definition) is 1. The maximum absolute atomic E-state index is 3.62. The first kappa shape index (κ1) is 14.9. The van der Waals surface area contributed by atoms with E-state index in [9.17, 15) is 0 Å². The summed E-state index contributed by atoms with van der Waals surface area (Å²) in [6, 6.07) is 8.61. The van der Waals surface area contributed by atoms with E-state index in [1.165, 1.54) is 22.3 Å². The third-order valence-electron chi connectivity index (χ3n) is 3.98. The molecule has 1 aromatic carbocycles. The first-order chi connectivity index (χ1) is 9.21. The predicted octanol–water partition coefficient (Wildman–Crippen LogP) is 5.08. The number of benzene rings is 1. The minimum atomic E-state index is -0.100. The van der Waals surface area contributed by atoms with Crippen LogP contribution in [-0.4, -0.2) is 0 Å². The van der Waals surface area contributed by atoms with Crippen LogP contribution in [0.2, 0.25) is 0 Å². The van der Waals surface area contributed by atoms with E-state index in [4.69, 9.17) is 0 Å². The summed E-state index contributed by atoms with van der Waals surface area (Å²) >= 11 is 0. The van der Waals surface area contributed by atoms with Crippen molar-refractivity contribution in [2.75, 3.05) is 0 Å². The minimum absolute atomic E-state index is 0.100. The molecule has 0 radical (unpaired) electrons. The third-order valence-corrected chi connectivity index (χ3v) is 3.98. The van der Waals surface area contributed by atoms with E-state index in [0.717, 1.165) is 6.42 Å². The highest BCUT2D eigenvalue weighted by Crippen LogP contribution is 2.35. The highest BCUT2D eigenvalue weighted by atomic mass is 14.9. The summed E-state index contributed by atoms with van der Waals surface area (Å²) in [5.41, 5.74) is 5.72. The van der Waals surface area contributed by atoms with Gasteiger partial charge in [0.15, 0.2) is 0 Å². The van der Waals surface area contributed by atoms with Gasteiger partial charge in [0, 0.05) is 6.20 Å². The Kier molecular flexibility index (Phi) is 3.82. The van der Waals surface area contributed by atoms with Crippen molar-refractivity contribution in [2.24, 2.45) is 5.41 Å². The number of hydrogen-bond donors (Lipinski definition) is 1. The fraction of sp³-hybridized carbons (Fsp3) is 0.474. The summed E-state index contributed by atoms with van der Waals surface area (Å²) in [4.78, 5) is 0. The highest BCUT2D eigenvalue weighted by Gasteiger charge is 2.28. The third kappa shape index (κ3) is 3.15. The fourth-order valence-electron chi connectivity index (χ4n) is 2.99. The molecule has 1 aromatic rings. The van der Waals surface area contributed by atoms with Gasteiger partial charge in [-0.05, 0) is 54.9 Å². The van der Waals surface area contributed by atoms with Gasteiger partial charge in [-0.2, -0.15) is 0 Å². The lowest BCUT2D eigenvalue weighted by Gasteiger charge is -2.35. The van der Waals surface area contributed by atoms with Gasteiger partial charge >= 0.3 is 0 Å². The van der Waals surface area contributed by atoms with E-state index in [1.807, 2.05) is 0 Å². The molecule has 1 aliphatic heterocycles. The topological polar surface area (TPSA) is 12.0 Å². The van der Waals surface area contributed by atoms with Crippen molar-refractivity contribution >= 4 is 0 Å². The van der Waals surface area contributed by atoms with Crippen LogP contribution in [0.5, 0.6) is 0 Å². The molecule has 1 unspecified atom stereocenters. The van der Waals surface area contributed by atoms with Crippen molar-refractivity contribution in [2.45, 2.75) is 53.5 Å². The molecule has 1 heterocycles. The Morgan fingerprint density at radius 3 is 2.30 bits per heavy atom. The van der Waals surface area contributed by atoms with Crippen LogP contribution in [-0.2, 0) is 5.54 Å². The van der Waals surface area contributed by atoms with Gasteiger partial charge in [0.2, 0.25) is 0 Å². The Balaban J connectivity index is 2.30. The van der Waals surface area contributed by atoms with Crippen molar-refractivity contribution in [3.8, 4) is 0 Å². The van der Waals surface area contributed by atoms with Crippen LogP contribution >= 0.6 is 0 Å². The quantitative estimate of drug-likeness (QED) is 0.789. The highest BCUT2D eigenvalue weighted by molar-refractivity contribution is 5.44. The lowest BCUT2D eigenvalue weighted by molar-refractivity contribution is 0.404. The average molecular weight is 269 g/mol. The summed E-state index contributed by atoms with van der Waals surface area (Å²) in [7, 11) is 0. The van der Waals surface area contributed by atoms with Gasteiger partial charge in [-0.15, -0.1) is 0 Å². The van der Waals surface area contributed by atoms with Crippen LogP contribution in [0, 0.1) is 12.3 Å². The van der Waals surface area contributed by atoms with E-state index < -0.39 is 0 Å². The first-order valence-electron chi connectivity index (χ1n) is 7.44. The van der Waals surface area contributed by atoms with E-state index >= 15 is 0 Å². The van der Waals surface area contributed by atoms with E-state index in [2.05, 4.69) is 83.4 Å². The molecule has 0 saturated carbocycles. The number of allylic oxidation sites excluding steroid dienone is 2. The largest absolute Gasteiger partial charge is 0.378 e. The Bertz CT molecular complexity index is 557. The molecule has 0 amide bonds. The zero-order chi connectivity index (χ0) is 15.0. The molecule has 2 rings (SSSR count). The van der Waals surface area contributed by atoms with Crippen molar-refractivity contribution in [1.82, 2.24) is 5.32 Å². The van der Waals surface area contributed by atoms with Gasteiger partial charge < -0.3 is 5.32 Å². The van der Waals surface area contributed by atoms with Gasteiger partial charge in [0.05, 0.1) is 5.54 Å². The van der Waals surface area contributed by atoms with Gasteiger partial charge in [-0.1, -0.05) is 51.1 Å². The molecule has 20 heavy (non-hydrogen) atoms. The minimum Gasteiger partial charge on any atom is -0.378 e. The molecule has 1 heteroatoms. The number of aryl methyl sites for hydroxylation is 1. The maximum Gasteiger partial charge on any atom is 0.0784 e. The molecule has 0 spiro atoms. The van der Waals surface area contributed by atoms with Gasteiger partial charge in [-0.3, -0.25) is 0 Å². The van der Waals surface area contributed by atoms with E-state index in [1.54, 1.807) is 0 Å². The second kappa shape index (κ2) is 5.12. The Morgan fingerprint density at radius 1 is 1.10 bits per heavy atom. The molecule has 0 aliphatic carbocycles. The molecule has 0 saturated heterocycles. The number of rotatable bonds is 2. The van der Waals surface area contributed by atoms with Crippen LogP contribution in [0.3, 0.4) is 0 Å². The summed E-state index contributed by atoms with van der Waals surface area (Å²) in [6.07, 6.45) is 5.69. The van der Waals surface area contributed by atoms with E-state index in [-0.39, 0.29) is 5.54 Å². The molecule has 1 nitrogen and oxygen atoms in total. The molecule has 1 aliphatic rings. The molecule has 108 valence electrons. The second-order valence-electron chi connectivity index (χ2n) is 7.40. The molecule has 0 bridgehead atoms. The first-order valence-corrected chi connectivity index (χ1v) is 7.44. The summed E-state index contributed by atoms with van der Waals surface area (Å²) in [6.45, 7) is 13.5. The Morgan fingerprint density at radius 2 is 1.75 bits per heavy atom. The van der Waals surface area contributed by atoms with Gasteiger partial charge in [-0.25, -0.2) is 0 Å². The van der Waals surface area contributed by atoms with Crippen molar-refractivity contribution < 1.29 is 0 Å². The Hall–Kier alpha value is -1.50. The molecule has 0 aromatic heterocycles. The normalized spacial score (nSPS) is 22.9. The summed E-state index contributed by atoms with van der Waals surface area (Å²) in [5, 5.41) is 3.62. The predicted molar refractivity (Wildman–Crippen MR) is 87.6 cm³/mol. The summed E-state index contributed by atoms with van der Waals surface area (Å²) in [5.74, 6) is 0. The van der Waals surface area contributed by atoms with Crippen molar-refractivity contribution in [3.05, 3.63) is 58.8 Å². The zero-order valence-electron chi connectivity index (χ0n) is 13.7. The molecular formula is C19H27N. The number of nitrogens with one attached hydrogen (secondary N) is 1. The standard InChI is InChI=1S/C19H27N/c1-14-9-7-8-10-17(14)19(6)11-15(2)16(13-20-19)12-18(3,4)5/h7-11,13,20H,12H2,1-6H3. The van der Waals surface area contributed by atoms with Crippen LogP contribution in [0.1, 0.15) is 52.2 Å². The van der Waals surface area contributed by atoms with Crippen LogP contribution < -0.4 is 5.32 Å². The smallest absolute Gasteiger partial charge is 0.0784 e. The molecular weight excluding hydrogens is 242 g/mol. The monoisotopic (exact) mass is 269 g/mol. The van der Waals surface area contributed by atoms with Crippen LogP contribution in [0.25, 0.3) is 0 Å². The number of dihydropyridines is 1. The average Bonchev–Trinajstić information content (AvgIpc) is 2.32. The van der Waals surface area contributed by atoms with Crippen LogP contribution in [0.4, 0.5) is 0 Å². The Labute approximate surface area is 123 Å². The van der Waals surface area contributed by atoms with E-state index in [0.29, 0.717) is 5.41 Å². The summed E-state index contributed by atoms with van der Waals surface area (Å²) < 4.78 is 0. The zero-order valence-corrected chi connectivity index (χ0v) is 13.7. The van der Waals surface area contributed by atoms with Crippen molar-refractivity contribution in [1.29, 1.82) is 0 Å². The lowest BCUT2D eigenvalue weighted by Crippen LogP contribution is -2.37. The van der Waals surface area contributed by atoms with Gasteiger partial charge in [0.1, 0.15) is 0 Å². The SMILES string of the molecule is CC1=CC(C)(c2ccccc2C)NC=C1CC(C)(C)C. The van der Waals surface area contributed by atoms with Crippen molar-refractivity contribution in [3.63, 3.8) is 0 Å². The maximum atomic E-state index is 3.62. The fourth-order valence-corrected chi connectivity index (χ4v) is 2.99.